The van der Waals surface area contributed by atoms with Gasteiger partial charge in [-0.1, -0.05) is 19.3 Å². The number of nitrogens with zero attached hydrogens (tertiary/aromatic N) is 1. The summed E-state index contributed by atoms with van der Waals surface area (Å²) in [7, 11) is 0. The molecule has 0 aromatic rings. The normalized spacial score (nSPS) is 30.0. The summed E-state index contributed by atoms with van der Waals surface area (Å²) in [5, 5.41) is 15.7. The van der Waals surface area contributed by atoms with Gasteiger partial charge in [-0.05, 0) is 58.5 Å². The number of carbonyl (C=O) groups excluding carboxylic acids is 1. The standard InChI is InChI=1S/C17H33N3O2/c1-14-8-4-6-12-20(14)13-7-5-11-18-17(22)19-15-9-2-3-10-16(15)21/h14-16,21H,2-13H2,1H3,(H2,18,19,22). The van der Waals surface area contributed by atoms with Crippen molar-refractivity contribution in [3.63, 3.8) is 0 Å². The molecule has 1 aliphatic carbocycles. The average Bonchev–Trinajstić information content (AvgIpc) is 2.51. The molecular weight excluding hydrogens is 278 g/mol. The Morgan fingerprint density at radius 1 is 1.14 bits per heavy atom. The van der Waals surface area contributed by atoms with Crippen molar-refractivity contribution in [2.24, 2.45) is 0 Å². The molecule has 22 heavy (non-hydrogen) atoms. The zero-order chi connectivity index (χ0) is 15.8. The average molecular weight is 311 g/mol. The first-order valence-electron chi connectivity index (χ1n) is 9.13. The second-order valence-electron chi connectivity index (χ2n) is 6.95. The topological polar surface area (TPSA) is 64.6 Å². The summed E-state index contributed by atoms with van der Waals surface area (Å²) < 4.78 is 0. The number of likely N-dealkylation sites (tertiary alicyclic amines) is 1. The maximum absolute atomic E-state index is 11.8. The molecule has 1 saturated carbocycles. The van der Waals surface area contributed by atoms with Crippen molar-refractivity contribution in [1.29, 1.82) is 0 Å². The second kappa shape index (κ2) is 9.36. The van der Waals surface area contributed by atoms with Crippen LogP contribution >= 0.6 is 0 Å². The van der Waals surface area contributed by atoms with E-state index in [0.29, 0.717) is 0 Å². The molecule has 2 amide bonds. The molecule has 0 radical (unpaired) electrons. The van der Waals surface area contributed by atoms with Crippen LogP contribution in [0.5, 0.6) is 0 Å². The number of amides is 2. The van der Waals surface area contributed by atoms with E-state index in [9.17, 15) is 9.90 Å². The zero-order valence-corrected chi connectivity index (χ0v) is 14.0. The van der Waals surface area contributed by atoms with Crippen LogP contribution in [0.4, 0.5) is 4.79 Å². The smallest absolute Gasteiger partial charge is 0.315 e. The molecule has 0 bridgehead atoms. The van der Waals surface area contributed by atoms with Gasteiger partial charge in [-0.2, -0.15) is 0 Å². The van der Waals surface area contributed by atoms with E-state index >= 15 is 0 Å². The first-order valence-corrected chi connectivity index (χ1v) is 9.13. The van der Waals surface area contributed by atoms with Crippen molar-refractivity contribution in [3.8, 4) is 0 Å². The van der Waals surface area contributed by atoms with E-state index in [0.717, 1.165) is 57.7 Å². The van der Waals surface area contributed by atoms with Gasteiger partial charge in [-0.3, -0.25) is 0 Å². The van der Waals surface area contributed by atoms with Gasteiger partial charge in [0.2, 0.25) is 0 Å². The SMILES string of the molecule is CC1CCCCN1CCCCNC(=O)NC1CCCCC1O. The number of aliphatic hydroxyl groups is 1. The molecule has 3 unspecified atom stereocenters. The molecule has 5 heteroatoms. The lowest BCUT2D eigenvalue weighted by atomic mass is 9.93. The van der Waals surface area contributed by atoms with Crippen molar-refractivity contribution in [3.05, 3.63) is 0 Å². The Bertz CT molecular complexity index is 338. The van der Waals surface area contributed by atoms with Gasteiger partial charge in [0.15, 0.2) is 0 Å². The van der Waals surface area contributed by atoms with Crippen molar-refractivity contribution < 1.29 is 9.90 Å². The highest BCUT2D eigenvalue weighted by atomic mass is 16.3. The van der Waals surface area contributed by atoms with E-state index in [1.165, 1.54) is 25.8 Å². The first-order chi connectivity index (χ1) is 10.7. The van der Waals surface area contributed by atoms with Gasteiger partial charge in [-0.15, -0.1) is 0 Å². The third-order valence-electron chi connectivity index (χ3n) is 5.14. The van der Waals surface area contributed by atoms with Crippen LogP contribution in [0.3, 0.4) is 0 Å². The lowest BCUT2D eigenvalue weighted by Gasteiger charge is -2.33. The lowest BCUT2D eigenvalue weighted by Crippen LogP contribution is -2.49. The number of carbonyl (C=O) groups is 1. The van der Waals surface area contributed by atoms with Crippen molar-refractivity contribution >= 4 is 6.03 Å². The van der Waals surface area contributed by atoms with Gasteiger partial charge >= 0.3 is 6.03 Å². The Balaban J connectivity index is 1.51. The lowest BCUT2D eigenvalue weighted by molar-refractivity contribution is 0.0943. The summed E-state index contributed by atoms with van der Waals surface area (Å²) >= 11 is 0. The monoisotopic (exact) mass is 311 g/mol. The number of unbranched alkanes of at least 4 members (excludes halogenated alkanes) is 1. The molecule has 0 aromatic heterocycles. The quantitative estimate of drug-likeness (QED) is 0.659. The minimum Gasteiger partial charge on any atom is -0.391 e. The van der Waals surface area contributed by atoms with E-state index in [4.69, 9.17) is 0 Å². The highest BCUT2D eigenvalue weighted by Crippen LogP contribution is 2.18. The third-order valence-corrected chi connectivity index (χ3v) is 5.14. The summed E-state index contributed by atoms with van der Waals surface area (Å²) in [5.41, 5.74) is 0. The molecule has 2 rings (SSSR count). The number of nitrogens with one attached hydrogen (secondary N) is 2. The van der Waals surface area contributed by atoms with E-state index < -0.39 is 0 Å². The van der Waals surface area contributed by atoms with Gasteiger partial charge < -0.3 is 20.6 Å². The van der Waals surface area contributed by atoms with Crippen LogP contribution in [-0.4, -0.2) is 53.9 Å². The Hall–Kier alpha value is -0.810. The molecule has 128 valence electrons. The van der Waals surface area contributed by atoms with E-state index in [-0.39, 0.29) is 18.2 Å². The van der Waals surface area contributed by atoms with Crippen LogP contribution in [0.25, 0.3) is 0 Å². The van der Waals surface area contributed by atoms with Crippen LogP contribution in [0, 0.1) is 0 Å². The molecule has 0 spiro atoms. The molecule has 3 N–H and O–H groups in total. The highest BCUT2D eigenvalue weighted by Gasteiger charge is 2.24. The Morgan fingerprint density at radius 3 is 2.68 bits per heavy atom. The van der Waals surface area contributed by atoms with Gasteiger partial charge in [0.25, 0.3) is 0 Å². The van der Waals surface area contributed by atoms with Crippen LogP contribution in [-0.2, 0) is 0 Å². The number of rotatable bonds is 6. The molecule has 3 atom stereocenters. The fraction of sp³-hybridized carbons (Fsp3) is 0.941. The van der Waals surface area contributed by atoms with Crippen LogP contribution in [0.15, 0.2) is 0 Å². The van der Waals surface area contributed by atoms with E-state index in [1.54, 1.807) is 0 Å². The molecular formula is C17H33N3O2. The summed E-state index contributed by atoms with van der Waals surface area (Å²) in [4.78, 5) is 14.4. The Morgan fingerprint density at radius 2 is 1.91 bits per heavy atom. The maximum Gasteiger partial charge on any atom is 0.315 e. The van der Waals surface area contributed by atoms with Crippen LogP contribution < -0.4 is 10.6 Å². The molecule has 1 saturated heterocycles. The fourth-order valence-corrected chi connectivity index (χ4v) is 3.63. The summed E-state index contributed by atoms with van der Waals surface area (Å²) in [5.74, 6) is 0. The van der Waals surface area contributed by atoms with Crippen molar-refractivity contribution in [2.45, 2.75) is 82.9 Å². The molecule has 2 fully saturated rings. The Labute approximate surface area is 134 Å². The number of urea groups is 1. The molecule has 2 aliphatic rings. The van der Waals surface area contributed by atoms with Crippen LogP contribution in [0.1, 0.15) is 64.7 Å². The number of hydrogen-bond donors (Lipinski definition) is 3. The third kappa shape index (κ3) is 5.76. The molecule has 1 aliphatic heterocycles. The largest absolute Gasteiger partial charge is 0.391 e. The predicted molar refractivity (Wildman–Crippen MR) is 88.9 cm³/mol. The molecule has 1 heterocycles. The number of piperidine rings is 1. The predicted octanol–water partition coefficient (Wildman–Crippen LogP) is 2.24. The zero-order valence-electron chi connectivity index (χ0n) is 14.0. The summed E-state index contributed by atoms with van der Waals surface area (Å²) in [6.07, 6.45) is 9.65. The fourth-order valence-electron chi connectivity index (χ4n) is 3.63. The van der Waals surface area contributed by atoms with Gasteiger partial charge in [0.1, 0.15) is 0 Å². The number of hydrogen-bond acceptors (Lipinski definition) is 3. The first kappa shape index (κ1) is 17.5. The van der Waals surface area contributed by atoms with Gasteiger partial charge in [-0.25, -0.2) is 4.79 Å². The number of aliphatic hydroxyl groups excluding tert-OH is 1. The minimum atomic E-state index is -0.375. The van der Waals surface area contributed by atoms with Crippen LogP contribution in [0.2, 0.25) is 0 Å². The summed E-state index contributed by atoms with van der Waals surface area (Å²) in [6.45, 7) is 5.41. The van der Waals surface area contributed by atoms with E-state index in [2.05, 4.69) is 22.5 Å². The highest BCUT2D eigenvalue weighted by molar-refractivity contribution is 5.74. The van der Waals surface area contributed by atoms with Crippen molar-refractivity contribution in [2.75, 3.05) is 19.6 Å². The molecule has 5 nitrogen and oxygen atoms in total. The Kier molecular flexibility index (Phi) is 7.46. The molecule has 0 aromatic carbocycles. The van der Waals surface area contributed by atoms with Gasteiger partial charge in [0.05, 0.1) is 12.1 Å². The van der Waals surface area contributed by atoms with Gasteiger partial charge in [0, 0.05) is 12.6 Å². The van der Waals surface area contributed by atoms with E-state index in [1.807, 2.05) is 0 Å². The second-order valence-corrected chi connectivity index (χ2v) is 6.95. The summed E-state index contributed by atoms with van der Waals surface area (Å²) in [6, 6.07) is 0.526. The maximum atomic E-state index is 11.8. The minimum absolute atomic E-state index is 0.0667. The van der Waals surface area contributed by atoms with Crippen molar-refractivity contribution in [1.82, 2.24) is 15.5 Å².